The number of carbonyl (C=O) groups excluding carboxylic acids is 2. The van der Waals surface area contributed by atoms with Crippen molar-refractivity contribution in [3.8, 4) is 0 Å². The fourth-order valence-electron chi connectivity index (χ4n) is 2.82. The lowest BCUT2D eigenvalue weighted by molar-refractivity contribution is -0.118. The summed E-state index contributed by atoms with van der Waals surface area (Å²) in [5.74, 6) is -1.64. The normalized spacial score (nSPS) is 13.2. The van der Waals surface area contributed by atoms with Gasteiger partial charge < -0.3 is 11.1 Å². The van der Waals surface area contributed by atoms with Crippen LogP contribution in [0.15, 0.2) is 36.7 Å². The third kappa shape index (κ3) is 4.65. The molecule has 2 aromatic rings. The Morgan fingerprint density at radius 1 is 1.35 bits per heavy atom. The van der Waals surface area contributed by atoms with E-state index in [4.69, 9.17) is 17.3 Å². The minimum absolute atomic E-state index is 0.0418. The highest BCUT2D eigenvalue weighted by atomic mass is 35.5. The second-order valence-corrected chi connectivity index (χ2v) is 6.50. The van der Waals surface area contributed by atoms with Gasteiger partial charge in [-0.3, -0.25) is 14.6 Å². The monoisotopic (exact) mass is 377 g/mol. The molecule has 0 aliphatic rings. The second kappa shape index (κ2) is 8.87. The van der Waals surface area contributed by atoms with Crippen molar-refractivity contribution in [1.29, 1.82) is 0 Å². The lowest BCUT2D eigenvalue weighted by Gasteiger charge is -2.23. The fraction of sp³-hybridized carbons (Fsp3) is 0.316. The SMILES string of the molecule is CC[C@H](N[C@@H](C)CC(N)=O)c1ccc(Cl)c(C(=O)c2cccnc2)c1F. The molecule has 0 radical (unpaired) electrons. The fourth-order valence-corrected chi connectivity index (χ4v) is 3.05. The van der Waals surface area contributed by atoms with E-state index in [0.29, 0.717) is 12.0 Å². The van der Waals surface area contributed by atoms with E-state index in [0.717, 1.165) is 0 Å². The molecule has 0 aliphatic heterocycles. The zero-order valence-corrected chi connectivity index (χ0v) is 15.4. The number of carbonyl (C=O) groups is 2. The molecule has 0 bridgehead atoms. The number of nitrogens with zero attached hydrogens (tertiary/aromatic N) is 1. The van der Waals surface area contributed by atoms with Gasteiger partial charge in [0.15, 0.2) is 5.78 Å². The van der Waals surface area contributed by atoms with Crippen molar-refractivity contribution in [1.82, 2.24) is 10.3 Å². The molecule has 0 saturated carbocycles. The van der Waals surface area contributed by atoms with Gasteiger partial charge in [-0.05, 0) is 31.5 Å². The van der Waals surface area contributed by atoms with E-state index >= 15 is 4.39 Å². The maximum absolute atomic E-state index is 15.2. The molecule has 7 heteroatoms. The van der Waals surface area contributed by atoms with Crippen LogP contribution in [0.4, 0.5) is 4.39 Å². The molecule has 0 aliphatic carbocycles. The molecule has 1 aromatic carbocycles. The van der Waals surface area contributed by atoms with Crippen LogP contribution < -0.4 is 11.1 Å². The summed E-state index contributed by atoms with van der Waals surface area (Å²) < 4.78 is 15.2. The third-order valence-corrected chi connectivity index (χ3v) is 4.36. The van der Waals surface area contributed by atoms with Crippen molar-refractivity contribution in [2.24, 2.45) is 5.73 Å². The van der Waals surface area contributed by atoms with E-state index in [2.05, 4.69) is 10.3 Å². The van der Waals surface area contributed by atoms with Crippen molar-refractivity contribution in [2.45, 2.75) is 38.8 Å². The largest absolute Gasteiger partial charge is 0.370 e. The maximum Gasteiger partial charge on any atom is 0.218 e. The van der Waals surface area contributed by atoms with E-state index < -0.39 is 17.5 Å². The van der Waals surface area contributed by atoms with Crippen LogP contribution in [0.25, 0.3) is 0 Å². The highest BCUT2D eigenvalue weighted by Gasteiger charge is 2.25. The Kier molecular flexibility index (Phi) is 6.83. The number of nitrogens with one attached hydrogen (secondary N) is 1. The molecule has 0 spiro atoms. The smallest absolute Gasteiger partial charge is 0.218 e. The van der Waals surface area contributed by atoms with Crippen LogP contribution in [0.3, 0.4) is 0 Å². The average Bonchev–Trinajstić information content (AvgIpc) is 2.60. The molecule has 0 unspecified atom stereocenters. The molecule has 2 atom stereocenters. The van der Waals surface area contributed by atoms with Crippen LogP contribution in [0.1, 0.15) is 54.2 Å². The summed E-state index contributed by atoms with van der Waals surface area (Å²) in [6.45, 7) is 3.67. The predicted octanol–water partition coefficient (Wildman–Crippen LogP) is 3.41. The molecule has 1 amide bonds. The molecule has 1 heterocycles. The molecule has 3 N–H and O–H groups in total. The van der Waals surface area contributed by atoms with E-state index in [1.807, 2.05) is 6.92 Å². The Bertz CT molecular complexity index is 799. The Balaban J connectivity index is 2.38. The summed E-state index contributed by atoms with van der Waals surface area (Å²) in [6.07, 6.45) is 3.59. The molecule has 2 rings (SSSR count). The first-order valence-corrected chi connectivity index (χ1v) is 8.69. The predicted molar refractivity (Wildman–Crippen MR) is 98.5 cm³/mol. The number of aromatic nitrogens is 1. The highest BCUT2D eigenvalue weighted by Crippen LogP contribution is 2.30. The van der Waals surface area contributed by atoms with Crippen LogP contribution in [0.5, 0.6) is 0 Å². The second-order valence-electron chi connectivity index (χ2n) is 6.10. The van der Waals surface area contributed by atoms with Gasteiger partial charge in [-0.2, -0.15) is 0 Å². The van der Waals surface area contributed by atoms with Gasteiger partial charge in [-0.1, -0.05) is 24.6 Å². The Hall–Kier alpha value is -2.31. The molecule has 138 valence electrons. The standard InChI is InChI=1S/C19H21ClFN3O2/c1-3-15(24-11(2)9-16(22)25)13-6-7-14(20)17(18(13)21)19(26)12-5-4-8-23-10-12/h4-8,10-11,15,24H,3,9H2,1-2H3,(H2,22,25)/t11-,15-/m0/s1. The number of halogens is 2. The van der Waals surface area contributed by atoms with Crippen LogP contribution in [0.2, 0.25) is 5.02 Å². The first kappa shape index (κ1) is 20.0. The summed E-state index contributed by atoms with van der Waals surface area (Å²) in [4.78, 5) is 27.6. The molecule has 0 saturated heterocycles. The number of amides is 1. The summed E-state index contributed by atoms with van der Waals surface area (Å²) in [5, 5.41) is 3.21. The van der Waals surface area contributed by atoms with Crippen LogP contribution >= 0.6 is 11.6 Å². The minimum Gasteiger partial charge on any atom is -0.370 e. The quantitative estimate of drug-likeness (QED) is 0.690. The summed E-state index contributed by atoms with van der Waals surface area (Å²) in [5.41, 5.74) is 5.60. The van der Waals surface area contributed by atoms with Crippen molar-refractivity contribution in [2.75, 3.05) is 0 Å². The van der Waals surface area contributed by atoms with Gasteiger partial charge in [0.1, 0.15) is 5.82 Å². The van der Waals surface area contributed by atoms with Gasteiger partial charge in [0.25, 0.3) is 0 Å². The van der Waals surface area contributed by atoms with Gasteiger partial charge >= 0.3 is 0 Å². The zero-order valence-electron chi connectivity index (χ0n) is 14.6. The number of primary amides is 1. The summed E-state index contributed by atoms with van der Waals surface area (Å²) in [7, 11) is 0. The minimum atomic E-state index is -0.669. The average molecular weight is 378 g/mol. The summed E-state index contributed by atoms with van der Waals surface area (Å²) >= 11 is 6.11. The summed E-state index contributed by atoms with van der Waals surface area (Å²) in [6, 6.07) is 5.60. The molecule has 0 fully saturated rings. The Morgan fingerprint density at radius 3 is 2.65 bits per heavy atom. The van der Waals surface area contributed by atoms with Crippen LogP contribution in [-0.2, 0) is 4.79 Å². The molecular weight excluding hydrogens is 357 g/mol. The zero-order chi connectivity index (χ0) is 19.3. The van der Waals surface area contributed by atoms with Gasteiger partial charge in [0.05, 0.1) is 10.6 Å². The van der Waals surface area contributed by atoms with Gasteiger partial charge in [-0.15, -0.1) is 0 Å². The lowest BCUT2D eigenvalue weighted by atomic mass is 9.96. The topological polar surface area (TPSA) is 85.1 Å². The number of nitrogens with two attached hydrogens (primary N) is 1. The lowest BCUT2D eigenvalue weighted by Crippen LogP contribution is -2.34. The Labute approximate surface area is 156 Å². The van der Waals surface area contributed by atoms with Crippen molar-refractivity contribution >= 4 is 23.3 Å². The Morgan fingerprint density at radius 2 is 2.08 bits per heavy atom. The van der Waals surface area contributed by atoms with Gasteiger partial charge in [0, 0.05) is 42.0 Å². The number of hydrogen-bond acceptors (Lipinski definition) is 4. The first-order valence-electron chi connectivity index (χ1n) is 8.32. The number of pyridine rings is 1. The maximum atomic E-state index is 15.2. The van der Waals surface area contributed by atoms with Crippen molar-refractivity contribution in [3.63, 3.8) is 0 Å². The van der Waals surface area contributed by atoms with Crippen LogP contribution in [-0.4, -0.2) is 22.7 Å². The van der Waals surface area contributed by atoms with Gasteiger partial charge in [0.2, 0.25) is 5.91 Å². The third-order valence-electron chi connectivity index (χ3n) is 4.05. The van der Waals surface area contributed by atoms with E-state index in [9.17, 15) is 9.59 Å². The number of rotatable bonds is 8. The number of ketones is 1. The first-order chi connectivity index (χ1) is 12.3. The number of hydrogen-bond donors (Lipinski definition) is 2. The van der Waals surface area contributed by atoms with Crippen molar-refractivity contribution < 1.29 is 14.0 Å². The van der Waals surface area contributed by atoms with E-state index in [1.54, 1.807) is 25.1 Å². The molecule has 26 heavy (non-hydrogen) atoms. The molecule has 5 nitrogen and oxygen atoms in total. The van der Waals surface area contributed by atoms with E-state index in [1.165, 1.54) is 18.5 Å². The van der Waals surface area contributed by atoms with Gasteiger partial charge in [-0.25, -0.2) is 4.39 Å². The van der Waals surface area contributed by atoms with E-state index in [-0.39, 0.29) is 34.7 Å². The van der Waals surface area contributed by atoms with Crippen LogP contribution in [0, 0.1) is 5.82 Å². The molecule has 1 aromatic heterocycles. The van der Waals surface area contributed by atoms with Crippen molar-refractivity contribution in [3.05, 3.63) is 64.2 Å². The molecular formula is C19H21ClFN3O2. The number of benzene rings is 1. The highest BCUT2D eigenvalue weighted by molar-refractivity contribution is 6.35.